The van der Waals surface area contributed by atoms with Crippen molar-refractivity contribution in [3.8, 4) is 0 Å². The maximum absolute atomic E-state index is 11.2. The summed E-state index contributed by atoms with van der Waals surface area (Å²) in [5.41, 5.74) is 0.630. The first kappa shape index (κ1) is 15.4. The van der Waals surface area contributed by atoms with Gasteiger partial charge in [0.25, 0.3) is 5.69 Å². The Balaban J connectivity index is 2.31. The van der Waals surface area contributed by atoms with Gasteiger partial charge >= 0.3 is 0 Å². The van der Waals surface area contributed by atoms with E-state index < -0.39 is 10.7 Å². The Morgan fingerprint density at radius 1 is 1.29 bits per heavy atom. The molecular formula is C14H18N2O5. The largest absolute Gasteiger partial charge is 0.351 e. The first-order valence-electron chi connectivity index (χ1n) is 6.69. The van der Waals surface area contributed by atoms with E-state index in [0.717, 1.165) is 0 Å². The lowest BCUT2D eigenvalue weighted by molar-refractivity contribution is -0.384. The zero-order valence-electron chi connectivity index (χ0n) is 12.2. The standard InChI is InChI=1S/C14H18N2O5/c1-9-10(2)21-14(20-9,8-15-11(3)17)12-4-6-13(7-5-12)16(18)19/h4-7,9-10H,8H2,1-3H3,(H,15,17)/t9-,10-/m0/s1. The van der Waals surface area contributed by atoms with Crippen LogP contribution in [0.1, 0.15) is 26.3 Å². The monoisotopic (exact) mass is 294 g/mol. The smallest absolute Gasteiger partial charge is 0.269 e. The van der Waals surface area contributed by atoms with Gasteiger partial charge in [0.2, 0.25) is 11.7 Å². The van der Waals surface area contributed by atoms with Crippen molar-refractivity contribution in [2.24, 2.45) is 0 Å². The Morgan fingerprint density at radius 2 is 1.81 bits per heavy atom. The van der Waals surface area contributed by atoms with Crippen LogP contribution in [0.5, 0.6) is 0 Å². The van der Waals surface area contributed by atoms with E-state index in [4.69, 9.17) is 9.47 Å². The molecule has 1 heterocycles. The van der Waals surface area contributed by atoms with Crippen LogP contribution in [0.15, 0.2) is 24.3 Å². The fraction of sp³-hybridized carbons (Fsp3) is 0.500. The van der Waals surface area contributed by atoms with Crippen molar-refractivity contribution in [1.29, 1.82) is 0 Å². The van der Waals surface area contributed by atoms with Gasteiger partial charge in [0.15, 0.2) is 0 Å². The first-order valence-corrected chi connectivity index (χ1v) is 6.69. The Hall–Kier alpha value is -1.99. The molecule has 0 spiro atoms. The quantitative estimate of drug-likeness (QED) is 0.674. The Labute approximate surface area is 122 Å². The molecule has 1 N–H and O–H groups in total. The van der Waals surface area contributed by atoms with E-state index >= 15 is 0 Å². The molecule has 1 fully saturated rings. The number of nitro benzene ring substituents is 1. The number of hydrogen-bond acceptors (Lipinski definition) is 5. The fourth-order valence-corrected chi connectivity index (χ4v) is 2.22. The highest BCUT2D eigenvalue weighted by molar-refractivity contribution is 5.72. The molecule has 2 rings (SSSR count). The molecule has 0 bridgehead atoms. The van der Waals surface area contributed by atoms with Crippen molar-refractivity contribution < 1.29 is 19.2 Å². The van der Waals surface area contributed by atoms with E-state index in [2.05, 4.69) is 5.32 Å². The third-order valence-electron chi connectivity index (χ3n) is 3.50. The topological polar surface area (TPSA) is 90.7 Å². The molecule has 1 aliphatic rings. The van der Waals surface area contributed by atoms with Crippen LogP contribution < -0.4 is 5.32 Å². The summed E-state index contributed by atoms with van der Waals surface area (Å²) in [6.45, 7) is 5.32. The predicted molar refractivity (Wildman–Crippen MR) is 74.6 cm³/mol. The van der Waals surface area contributed by atoms with E-state index in [1.165, 1.54) is 19.1 Å². The van der Waals surface area contributed by atoms with Crippen LogP contribution in [-0.4, -0.2) is 29.6 Å². The number of rotatable bonds is 4. The van der Waals surface area contributed by atoms with Gasteiger partial charge < -0.3 is 14.8 Å². The van der Waals surface area contributed by atoms with Gasteiger partial charge in [-0.15, -0.1) is 0 Å². The number of carbonyl (C=O) groups is 1. The molecule has 7 nitrogen and oxygen atoms in total. The number of benzene rings is 1. The summed E-state index contributed by atoms with van der Waals surface area (Å²) in [5, 5.41) is 13.4. The van der Waals surface area contributed by atoms with Crippen molar-refractivity contribution >= 4 is 11.6 Å². The van der Waals surface area contributed by atoms with Crippen molar-refractivity contribution in [3.05, 3.63) is 39.9 Å². The molecule has 1 aliphatic heterocycles. The van der Waals surface area contributed by atoms with Crippen LogP contribution in [0.25, 0.3) is 0 Å². The summed E-state index contributed by atoms with van der Waals surface area (Å²) >= 11 is 0. The molecule has 114 valence electrons. The van der Waals surface area contributed by atoms with Crippen molar-refractivity contribution in [2.75, 3.05) is 6.54 Å². The van der Waals surface area contributed by atoms with E-state index in [-0.39, 0.29) is 30.3 Å². The molecule has 1 amide bonds. The third kappa shape index (κ3) is 3.20. The van der Waals surface area contributed by atoms with Gasteiger partial charge in [-0.05, 0) is 26.0 Å². The summed E-state index contributed by atoms with van der Waals surface area (Å²) < 4.78 is 11.8. The number of carbonyl (C=O) groups excluding carboxylic acids is 1. The minimum Gasteiger partial charge on any atom is -0.351 e. The second-order valence-electron chi connectivity index (χ2n) is 5.11. The second-order valence-corrected chi connectivity index (χ2v) is 5.11. The Morgan fingerprint density at radius 3 is 2.24 bits per heavy atom. The molecule has 21 heavy (non-hydrogen) atoms. The number of nitro groups is 1. The highest BCUT2D eigenvalue weighted by Gasteiger charge is 2.45. The van der Waals surface area contributed by atoms with E-state index in [1.807, 2.05) is 13.8 Å². The van der Waals surface area contributed by atoms with Crippen LogP contribution in [0, 0.1) is 10.1 Å². The average Bonchev–Trinajstić information content (AvgIpc) is 2.73. The fourth-order valence-electron chi connectivity index (χ4n) is 2.22. The lowest BCUT2D eigenvalue weighted by atomic mass is 10.1. The zero-order valence-corrected chi connectivity index (χ0v) is 12.2. The van der Waals surface area contributed by atoms with Gasteiger partial charge in [-0.1, -0.05) is 0 Å². The third-order valence-corrected chi connectivity index (χ3v) is 3.50. The van der Waals surface area contributed by atoms with Crippen LogP contribution in [0.2, 0.25) is 0 Å². The molecule has 0 aromatic heterocycles. The SMILES string of the molecule is CC(=O)NCC1(c2ccc([N+](=O)[O-])cc2)O[C@@H](C)[C@H](C)O1. The van der Waals surface area contributed by atoms with Crippen LogP contribution in [0.4, 0.5) is 5.69 Å². The van der Waals surface area contributed by atoms with Gasteiger partial charge in [-0.2, -0.15) is 0 Å². The van der Waals surface area contributed by atoms with Crippen LogP contribution in [0.3, 0.4) is 0 Å². The number of nitrogens with zero attached hydrogens (tertiary/aromatic N) is 1. The summed E-state index contributed by atoms with van der Waals surface area (Å²) in [7, 11) is 0. The normalized spacial score (nSPS) is 23.8. The highest BCUT2D eigenvalue weighted by atomic mass is 16.8. The van der Waals surface area contributed by atoms with Gasteiger partial charge in [0.05, 0.1) is 23.7 Å². The molecule has 0 aliphatic carbocycles. The maximum atomic E-state index is 11.2. The second kappa shape index (κ2) is 5.79. The molecule has 7 heteroatoms. The average molecular weight is 294 g/mol. The lowest BCUT2D eigenvalue weighted by Crippen LogP contribution is -2.41. The van der Waals surface area contributed by atoms with Gasteiger partial charge in [0.1, 0.15) is 0 Å². The van der Waals surface area contributed by atoms with E-state index in [0.29, 0.717) is 5.56 Å². The highest BCUT2D eigenvalue weighted by Crippen LogP contribution is 2.37. The predicted octanol–water partition coefficient (Wildman–Crippen LogP) is 1.71. The molecule has 2 atom stereocenters. The van der Waals surface area contributed by atoms with Crippen molar-refractivity contribution in [3.63, 3.8) is 0 Å². The first-order chi connectivity index (χ1) is 9.84. The molecule has 1 aromatic carbocycles. The van der Waals surface area contributed by atoms with Crippen LogP contribution >= 0.6 is 0 Å². The number of non-ortho nitro benzene ring substituents is 1. The van der Waals surface area contributed by atoms with E-state index in [1.54, 1.807) is 12.1 Å². The summed E-state index contributed by atoms with van der Waals surface area (Å²) in [6.07, 6.45) is -0.289. The van der Waals surface area contributed by atoms with Gasteiger partial charge in [-0.3, -0.25) is 14.9 Å². The van der Waals surface area contributed by atoms with Gasteiger partial charge in [0, 0.05) is 24.6 Å². The minimum atomic E-state index is -1.11. The molecule has 1 saturated heterocycles. The molecule has 1 aromatic rings. The Bertz CT molecular complexity index is 533. The number of nitrogens with one attached hydrogen (secondary N) is 1. The molecule has 0 radical (unpaired) electrons. The van der Waals surface area contributed by atoms with Crippen molar-refractivity contribution in [2.45, 2.75) is 38.8 Å². The van der Waals surface area contributed by atoms with Gasteiger partial charge in [-0.25, -0.2) is 0 Å². The van der Waals surface area contributed by atoms with E-state index in [9.17, 15) is 14.9 Å². The number of ether oxygens (including phenoxy) is 2. The van der Waals surface area contributed by atoms with Crippen LogP contribution in [-0.2, 0) is 20.1 Å². The zero-order chi connectivity index (χ0) is 15.6. The molecule has 0 unspecified atom stereocenters. The minimum absolute atomic E-state index is 0.00693. The lowest BCUT2D eigenvalue weighted by Gasteiger charge is -2.28. The molecular weight excluding hydrogens is 276 g/mol. The number of hydrogen-bond donors (Lipinski definition) is 1. The molecule has 0 saturated carbocycles. The Kier molecular flexibility index (Phi) is 4.24. The van der Waals surface area contributed by atoms with Crippen molar-refractivity contribution in [1.82, 2.24) is 5.32 Å². The maximum Gasteiger partial charge on any atom is 0.269 e. The summed E-state index contributed by atoms with van der Waals surface area (Å²) in [4.78, 5) is 21.4. The number of amides is 1. The summed E-state index contributed by atoms with van der Waals surface area (Å²) in [5.74, 6) is -1.31. The summed E-state index contributed by atoms with van der Waals surface area (Å²) in [6, 6.07) is 5.96.